The van der Waals surface area contributed by atoms with E-state index in [9.17, 15) is 19.2 Å². The number of rotatable bonds is 4. The fourth-order valence-electron chi connectivity index (χ4n) is 8.25. The van der Waals surface area contributed by atoms with E-state index in [0.717, 1.165) is 51.3 Å². The maximum atomic E-state index is 12.3. The van der Waals surface area contributed by atoms with Crippen molar-refractivity contribution >= 4 is 63.0 Å². The number of fused-ring (bicyclic) bond motifs is 6. The molecule has 6 aliphatic rings. The minimum atomic E-state index is -0.499. The average Bonchev–Trinajstić information content (AvgIpc) is 3.11. The SMILES string of the molecule is C[C@@H]1C(=O)NN=C2COc3cc(Br)c(CC4(C)CN(C(=O)OC(C)(C)C)C4)cc3N21.C[C@@H]1C(=O)NN=C2COc3ccc(CC4(C)CN(C(=O)OC(C)(C)C)C4)cc3N21. The summed E-state index contributed by atoms with van der Waals surface area (Å²) in [7, 11) is 0. The van der Waals surface area contributed by atoms with E-state index in [1.54, 1.807) is 9.80 Å². The van der Waals surface area contributed by atoms with Crippen LogP contribution in [0.15, 0.2) is 45.0 Å². The summed E-state index contributed by atoms with van der Waals surface area (Å²) in [5.41, 5.74) is 7.98. The molecule has 6 heterocycles. The summed E-state index contributed by atoms with van der Waals surface area (Å²) in [6.45, 7) is 22.5. The van der Waals surface area contributed by atoms with Crippen molar-refractivity contribution in [2.75, 3.05) is 49.2 Å². The topological polar surface area (TPSA) is 167 Å². The molecule has 6 aliphatic heterocycles. The predicted molar refractivity (Wildman–Crippen MR) is 226 cm³/mol. The molecule has 2 saturated heterocycles. The van der Waals surface area contributed by atoms with Crippen molar-refractivity contribution in [3.63, 3.8) is 0 Å². The van der Waals surface area contributed by atoms with Gasteiger partial charge in [0, 0.05) is 41.5 Å². The number of amides is 4. The number of amidine groups is 2. The third-order valence-electron chi connectivity index (χ3n) is 10.9. The molecule has 8 rings (SSSR count). The Balaban J connectivity index is 0.000000179. The van der Waals surface area contributed by atoms with Gasteiger partial charge in [-0.25, -0.2) is 20.4 Å². The lowest BCUT2D eigenvalue weighted by atomic mass is 9.77. The highest BCUT2D eigenvalue weighted by atomic mass is 79.9. The summed E-state index contributed by atoms with van der Waals surface area (Å²) in [4.78, 5) is 56.1. The molecule has 0 saturated carbocycles. The second kappa shape index (κ2) is 15.2. The van der Waals surface area contributed by atoms with Gasteiger partial charge in [-0.15, -0.1) is 0 Å². The fraction of sp³-hybridized carbons (Fsp3) is 0.571. The monoisotopic (exact) mass is 878 g/mol. The molecule has 0 radical (unpaired) electrons. The number of hydrogen-bond acceptors (Lipinski definition) is 12. The normalized spacial score (nSPS) is 22.3. The first-order valence-electron chi connectivity index (χ1n) is 20.0. The van der Waals surface area contributed by atoms with Crippen LogP contribution in [0.3, 0.4) is 0 Å². The zero-order chi connectivity index (χ0) is 42.8. The van der Waals surface area contributed by atoms with Crippen molar-refractivity contribution in [1.29, 1.82) is 0 Å². The van der Waals surface area contributed by atoms with Crippen LogP contribution in [0.5, 0.6) is 11.5 Å². The van der Waals surface area contributed by atoms with Gasteiger partial charge in [-0.05, 0) is 104 Å². The van der Waals surface area contributed by atoms with Gasteiger partial charge in [-0.2, -0.15) is 10.2 Å². The number of halogens is 1. The molecule has 318 valence electrons. The van der Waals surface area contributed by atoms with E-state index in [-0.39, 0.29) is 46.9 Å². The van der Waals surface area contributed by atoms with Crippen LogP contribution in [0, 0.1) is 10.8 Å². The molecule has 0 spiro atoms. The largest absolute Gasteiger partial charge is 0.483 e. The molecule has 2 N–H and O–H groups in total. The van der Waals surface area contributed by atoms with Crippen molar-refractivity contribution < 1.29 is 38.1 Å². The number of anilines is 2. The molecule has 0 aromatic heterocycles. The second-order valence-electron chi connectivity index (χ2n) is 19.0. The van der Waals surface area contributed by atoms with E-state index < -0.39 is 11.2 Å². The van der Waals surface area contributed by atoms with E-state index in [2.05, 4.69) is 69.0 Å². The highest BCUT2D eigenvalue weighted by molar-refractivity contribution is 9.10. The van der Waals surface area contributed by atoms with E-state index >= 15 is 0 Å². The number of carbonyl (C=O) groups is 4. The van der Waals surface area contributed by atoms with E-state index in [0.29, 0.717) is 51.1 Å². The maximum Gasteiger partial charge on any atom is 0.410 e. The van der Waals surface area contributed by atoms with Crippen molar-refractivity contribution in [2.45, 2.75) is 105 Å². The van der Waals surface area contributed by atoms with Gasteiger partial charge in [0.15, 0.2) is 11.7 Å². The van der Waals surface area contributed by atoms with Gasteiger partial charge in [-0.1, -0.05) is 35.8 Å². The van der Waals surface area contributed by atoms with Gasteiger partial charge in [0.2, 0.25) is 0 Å². The highest BCUT2D eigenvalue weighted by Crippen LogP contribution is 2.43. The maximum absolute atomic E-state index is 12.3. The number of likely N-dealkylation sites (tertiary alicyclic amines) is 2. The van der Waals surface area contributed by atoms with Crippen LogP contribution in [0.25, 0.3) is 0 Å². The molecular formula is C42H55BrN8O8. The summed E-state index contributed by atoms with van der Waals surface area (Å²) in [6, 6.07) is 9.38. The minimum absolute atomic E-state index is 0.0114. The summed E-state index contributed by atoms with van der Waals surface area (Å²) in [6.07, 6.45) is 1.07. The van der Waals surface area contributed by atoms with Crippen LogP contribution < -0.4 is 30.1 Å². The van der Waals surface area contributed by atoms with Crippen molar-refractivity contribution in [1.82, 2.24) is 20.7 Å². The lowest BCUT2D eigenvalue weighted by molar-refractivity contribution is -0.123. The Morgan fingerprint density at radius 3 is 1.69 bits per heavy atom. The number of ether oxygens (including phenoxy) is 4. The second-order valence-corrected chi connectivity index (χ2v) is 19.9. The van der Waals surface area contributed by atoms with E-state index in [1.807, 2.05) is 77.3 Å². The molecule has 4 amide bonds. The Morgan fingerprint density at radius 2 is 1.20 bits per heavy atom. The number of benzene rings is 2. The van der Waals surface area contributed by atoms with E-state index in [1.165, 1.54) is 0 Å². The van der Waals surface area contributed by atoms with Gasteiger partial charge < -0.3 is 38.5 Å². The molecule has 2 atom stereocenters. The van der Waals surface area contributed by atoms with Gasteiger partial charge >= 0.3 is 12.2 Å². The molecule has 0 bridgehead atoms. The summed E-state index contributed by atoms with van der Waals surface area (Å²) in [5, 5.41) is 8.27. The van der Waals surface area contributed by atoms with Crippen LogP contribution >= 0.6 is 15.9 Å². The molecule has 17 heteroatoms. The molecule has 16 nitrogen and oxygen atoms in total. The Bertz CT molecular complexity index is 2110. The summed E-state index contributed by atoms with van der Waals surface area (Å²) >= 11 is 3.67. The smallest absolute Gasteiger partial charge is 0.410 e. The first kappa shape index (κ1) is 42.1. The highest BCUT2D eigenvalue weighted by Gasteiger charge is 2.45. The van der Waals surface area contributed by atoms with E-state index in [4.69, 9.17) is 18.9 Å². The van der Waals surface area contributed by atoms with Crippen molar-refractivity contribution in [3.05, 3.63) is 45.9 Å². The average molecular weight is 880 g/mol. The number of nitrogens with one attached hydrogen (secondary N) is 2. The van der Waals surface area contributed by atoms with Gasteiger partial charge in [-0.3, -0.25) is 9.59 Å². The molecule has 59 heavy (non-hydrogen) atoms. The van der Waals surface area contributed by atoms with Crippen LogP contribution in [-0.4, -0.2) is 108 Å². The molecule has 0 unspecified atom stereocenters. The molecular weight excluding hydrogens is 824 g/mol. The number of hydrogen-bond donors (Lipinski definition) is 2. The van der Waals surface area contributed by atoms with Crippen molar-refractivity contribution in [3.8, 4) is 11.5 Å². The Labute approximate surface area is 353 Å². The minimum Gasteiger partial charge on any atom is -0.483 e. The van der Waals surface area contributed by atoms with Crippen LogP contribution in [0.2, 0.25) is 0 Å². The Hall–Kier alpha value is -5.06. The summed E-state index contributed by atoms with van der Waals surface area (Å²) in [5.74, 6) is 2.59. The van der Waals surface area contributed by atoms with Crippen LogP contribution in [0.4, 0.5) is 21.0 Å². The lowest BCUT2D eigenvalue weighted by Gasteiger charge is -2.48. The number of carbonyl (C=O) groups excluding carboxylic acids is 4. The van der Waals surface area contributed by atoms with Crippen LogP contribution in [0.1, 0.15) is 80.4 Å². The standard InChI is InChI=1S/C21H27BrN4O4.C21H28N4O4/c1-12-18(27)24-23-17-9-29-16-7-14(22)13(6-15(16)26(12)17)8-21(5)10-25(11-21)19(28)30-20(2,3)4;1-13-18(26)23-22-17-10-28-16-7-6-14(8-15(16)25(13)17)9-21(5)11-24(12-21)19(27)29-20(2,3)4/h6-7,12H,8-11H2,1-5H3,(H,24,27);6-8,13H,9-12H2,1-5H3,(H,23,26)/t12-;13-/m11/s1. The first-order chi connectivity index (χ1) is 27.5. The van der Waals surface area contributed by atoms with Gasteiger partial charge in [0.05, 0.1) is 11.4 Å². The third-order valence-corrected chi connectivity index (χ3v) is 11.6. The molecule has 2 aromatic rings. The third kappa shape index (κ3) is 8.94. The Morgan fingerprint density at radius 1 is 0.746 bits per heavy atom. The Kier molecular flexibility index (Phi) is 10.8. The van der Waals surface area contributed by atoms with Gasteiger partial charge in [0.25, 0.3) is 11.8 Å². The molecule has 0 aliphatic carbocycles. The van der Waals surface area contributed by atoms with Crippen LogP contribution in [-0.2, 0) is 31.9 Å². The van der Waals surface area contributed by atoms with Gasteiger partial charge in [0.1, 0.15) is 48.0 Å². The first-order valence-corrected chi connectivity index (χ1v) is 20.8. The van der Waals surface area contributed by atoms with Crippen molar-refractivity contribution in [2.24, 2.45) is 21.0 Å². The zero-order valence-electron chi connectivity index (χ0n) is 35.5. The fourth-order valence-corrected chi connectivity index (χ4v) is 8.71. The quantitative estimate of drug-likeness (QED) is 0.384. The zero-order valence-corrected chi connectivity index (χ0v) is 37.1. The predicted octanol–water partition coefficient (Wildman–Crippen LogP) is 5.80. The lowest BCUT2D eigenvalue weighted by Crippen LogP contribution is -2.58. The number of nitrogens with zero attached hydrogens (tertiary/aromatic N) is 6. The summed E-state index contributed by atoms with van der Waals surface area (Å²) < 4.78 is 23.5. The molecule has 2 aromatic carbocycles. The number of hydrazone groups is 2. The molecule has 2 fully saturated rings.